The molecule has 0 radical (unpaired) electrons. The first-order valence-electron chi connectivity index (χ1n) is 4.86. The SMILES string of the molecule is COC(C)(C)CCn1cc(I)ccc1=O. The number of ether oxygens (including phenoxy) is 1. The number of hydrogen-bond donors (Lipinski definition) is 0. The summed E-state index contributed by atoms with van der Waals surface area (Å²) < 4.78 is 8.11. The van der Waals surface area contributed by atoms with Crippen LogP contribution in [-0.4, -0.2) is 17.3 Å². The number of aromatic nitrogens is 1. The van der Waals surface area contributed by atoms with Gasteiger partial charge in [0.2, 0.25) is 0 Å². The van der Waals surface area contributed by atoms with E-state index in [1.54, 1.807) is 17.7 Å². The smallest absolute Gasteiger partial charge is 0.250 e. The summed E-state index contributed by atoms with van der Waals surface area (Å²) in [5.74, 6) is 0. The number of methoxy groups -OCH3 is 1. The molecule has 0 saturated heterocycles. The lowest BCUT2D eigenvalue weighted by Gasteiger charge is -2.23. The zero-order chi connectivity index (χ0) is 11.5. The van der Waals surface area contributed by atoms with Gasteiger partial charge in [-0.2, -0.15) is 0 Å². The maximum Gasteiger partial charge on any atom is 0.250 e. The molecule has 15 heavy (non-hydrogen) atoms. The summed E-state index contributed by atoms with van der Waals surface area (Å²) in [7, 11) is 1.69. The molecule has 1 heterocycles. The molecular formula is C11H16INO2. The molecule has 1 aromatic rings. The topological polar surface area (TPSA) is 31.2 Å². The molecule has 0 aliphatic rings. The van der Waals surface area contributed by atoms with Gasteiger partial charge in [0.05, 0.1) is 5.60 Å². The third kappa shape index (κ3) is 3.95. The zero-order valence-corrected chi connectivity index (χ0v) is 11.4. The minimum absolute atomic E-state index is 0.0438. The van der Waals surface area contributed by atoms with E-state index >= 15 is 0 Å². The van der Waals surface area contributed by atoms with E-state index in [0.29, 0.717) is 6.54 Å². The van der Waals surface area contributed by atoms with Crippen molar-refractivity contribution in [2.24, 2.45) is 0 Å². The third-order valence-corrected chi connectivity index (χ3v) is 3.09. The van der Waals surface area contributed by atoms with E-state index in [9.17, 15) is 4.79 Å². The average Bonchev–Trinajstić information content (AvgIpc) is 2.20. The van der Waals surface area contributed by atoms with Gasteiger partial charge in [-0.15, -0.1) is 0 Å². The Labute approximate surface area is 104 Å². The molecule has 0 aliphatic carbocycles. The highest BCUT2D eigenvalue weighted by Crippen LogP contribution is 2.13. The Kier molecular flexibility index (Phi) is 4.33. The predicted molar refractivity (Wildman–Crippen MR) is 69.1 cm³/mol. The molecule has 0 bridgehead atoms. The summed E-state index contributed by atoms with van der Waals surface area (Å²) in [6.45, 7) is 4.73. The quantitative estimate of drug-likeness (QED) is 0.797. The Hall–Kier alpha value is -0.360. The van der Waals surface area contributed by atoms with Crippen molar-refractivity contribution in [3.8, 4) is 0 Å². The Morgan fingerprint density at radius 3 is 2.73 bits per heavy atom. The number of rotatable bonds is 4. The largest absolute Gasteiger partial charge is 0.379 e. The van der Waals surface area contributed by atoms with Gasteiger partial charge >= 0.3 is 0 Å². The van der Waals surface area contributed by atoms with Crippen molar-refractivity contribution < 1.29 is 4.74 Å². The first-order valence-corrected chi connectivity index (χ1v) is 5.94. The minimum Gasteiger partial charge on any atom is -0.379 e. The molecule has 0 N–H and O–H groups in total. The highest BCUT2D eigenvalue weighted by Gasteiger charge is 2.16. The van der Waals surface area contributed by atoms with Gasteiger partial charge in [0, 0.05) is 29.5 Å². The van der Waals surface area contributed by atoms with Crippen LogP contribution in [0.1, 0.15) is 20.3 Å². The Balaban J connectivity index is 2.73. The van der Waals surface area contributed by atoms with Crippen molar-refractivity contribution in [1.82, 2.24) is 4.57 Å². The number of pyridine rings is 1. The fourth-order valence-electron chi connectivity index (χ4n) is 1.17. The summed E-state index contributed by atoms with van der Waals surface area (Å²) in [5, 5.41) is 0. The lowest BCUT2D eigenvalue weighted by molar-refractivity contribution is 0.0118. The molecule has 0 atom stereocenters. The number of aryl methyl sites for hydroxylation is 1. The molecule has 0 amide bonds. The van der Waals surface area contributed by atoms with Crippen LogP contribution in [0.5, 0.6) is 0 Å². The van der Waals surface area contributed by atoms with Gasteiger partial charge in [-0.05, 0) is 48.9 Å². The number of nitrogens with zero attached hydrogens (tertiary/aromatic N) is 1. The fraction of sp³-hybridized carbons (Fsp3) is 0.545. The molecule has 0 spiro atoms. The van der Waals surface area contributed by atoms with Gasteiger partial charge in [-0.1, -0.05) is 0 Å². The van der Waals surface area contributed by atoms with E-state index in [1.807, 2.05) is 26.1 Å². The zero-order valence-electron chi connectivity index (χ0n) is 9.29. The third-order valence-electron chi connectivity index (χ3n) is 2.45. The van der Waals surface area contributed by atoms with Crippen LogP contribution in [0.25, 0.3) is 0 Å². The molecule has 84 valence electrons. The maximum atomic E-state index is 11.5. The highest BCUT2D eigenvalue weighted by molar-refractivity contribution is 14.1. The van der Waals surface area contributed by atoms with Crippen LogP contribution < -0.4 is 5.56 Å². The first-order chi connectivity index (χ1) is 6.94. The number of hydrogen-bond acceptors (Lipinski definition) is 2. The van der Waals surface area contributed by atoms with E-state index in [1.165, 1.54) is 0 Å². The summed E-state index contributed by atoms with van der Waals surface area (Å²) in [4.78, 5) is 11.5. The molecule has 1 aromatic heterocycles. The summed E-state index contributed by atoms with van der Waals surface area (Å²) >= 11 is 2.20. The molecule has 1 rings (SSSR count). The summed E-state index contributed by atoms with van der Waals surface area (Å²) in [5.41, 5.74) is -0.136. The van der Waals surface area contributed by atoms with Crippen LogP contribution in [0.4, 0.5) is 0 Å². The second-order valence-corrected chi connectivity index (χ2v) is 5.34. The molecule has 0 aromatic carbocycles. The van der Waals surface area contributed by atoms with Gasteiger partial charge in [0.1, 0.15) is 0 Å². The van der Waals surface area contributed by atoms with Crippen LogP contribution >= 0.6 is 22.6 Å². The Morgan fingerprint density at radius 2 is 2.13 bits per heavy atom. The second-order valence-electron chi connectivity index (χ2n) is 4.09. The van der Waals surface area contributed by atoms with Crippen molar-refractivity contribution in [3.05, 3.63) is 32.3 Å². The van der Waals surface area contributed by atoms with Crippen molar-refractivity contribution in [2.75, 3.05) is 7.11 Å². The van der Waals surface area contributed by atoms with E-state index in [-0.39, 0.29) is 11.2 Å². The van der Waals surface area contributed by atoms with Gasteiger partial charge in [-0.25, -0.2) is 0 Å². The molecule has 0 aliphatic heterocycles. The van der Waals surface area contributed by atoms with Crippen LogP contribution in [0, 0.1) is 3.57 Å². The van der Waals surface area contributed by atoms with Crippen molar-refractivity contribution >= 4 is 22.6 Å². The monoisotopic (exact) mass is 321 g/mol. The van der Waals surface area contributed by atoms with Crippen molar-refractivity contribution in [3.63, 3.8) is 0 Å². The lowest BCUT2D eigenvalue weighted by Crippen LogP contribution is -2.28. The van der Waals surface area contributed by atoms with Crippen LogP contribution in [-0.2, 0) is 11.3 Å². The molecule has 4 heteroatoms. The standard InChI is InChI=1S/C11H16INO2/c1-11(2,15-3)6-7-13-8-9(12)4-5-10(13)14/h4-5,8H,6-7H2,1-3H3. The van der Waals surface area contributed by atoms with Crippen molar-refractivity contribution in [2.45, 2.75) is 32.4 Å². The summed E-state index contributed by atoms with van der Waals surface area (Å²) in [6, 6.07) is 3.42. The van der Waals surface area contributed by atoms with Crippen LogP contribution in [0.2, 0.25) is 0 Å². The van der Waals surface area contributed by atoms with E-state index in [2.05, 4.69) is 22.6 Å². The predicted octanol–water partition coefficient (Wildman–Crippen LogP) is 2.27. The minimum atomic E-state index is -0.180. The van der Waals surface area contributed by atoms with E-state index in [0.717, 1.165) is 9.99 Å². The van der Waals surface area contributed by atoms with E-state index < -0.39 is 0 Å². The lowest BCUT2D eigenvalue weighted by atomic mass is 10.1. The number of halogens is 1. The highest BCUT2D eigenvalue weighted by atomic mass is 127. The first kappa shape index (κ1) is 12.7. The van der Waals surface area contributed by atoms with Crippen molar-refractivity contribution in [1.29, 1.82) is 0 Å². The fourth-order valence-corrected chi connectivity index (χ4v) is 1.68. The van der Waals surface area contributed by atoms with Gasteiger partial charge < -0.3 is 9.30 Å². The van der Waals surface area contributed by atoms with E-state index in [4.69, 9.17) is 4.74 Å². The second kappa shape index (κ2) is 5.12. The normalized spacial score (nSPS) is 11.7. The molecule has 0 unspecified atom stereocenters. The summed E-state index contributed by atoms with van der Waals surface area (Å²) in [6.07, 6.45) is 2.69. The molecule has 0 saturated carbocycles. The van der Waals surface area contributed by atoms with Crippen LogP contribution in [0.3, 0.4) is 0 Å². The Bertz CT molecular complexity index is 384. The van der Waals surface area contributed by atoms with Gasteiger partial charge in [0.15, 0.2) is 0 Å². The maximum absolute atomic E-state index is 11.5. The average molecular weight is 321 g/mol. The van der Waals surface area contributed by atoms with Gasteiger partial charge in [0.25, 0.3) is 5.56 Å². The van der Waals surface area contributed by atoms with Crippen LogP contribution in [0.15, 0.2) is 23.1 Å². The Morgan fingerprint density at radius 1 is 1.47 bits per heavy atom. The molecule has 0 fully saturated rings. The molecular weight excluding hydrogens is 305 g/mol. The van der Waals surface area contributed by atoms with Gasteiger partial charge in [-0.3, -0.25) is 4.79 Å². The molecule has 3 nitrogen and oxygen atoms in total.